The summed E-state index contributed by atoms with van der Waals surface area (Å²) in [6.45, 7) is 13.5. The highest BCUT2D eigenvalue weighted by molar-refractivity contribution is 9.09. The lowest BCUT2D eigenvalue weighted by Crippen LogP contribution is -2.47. The first kappa shape index (κ1) is 20.9. The van der Waals surface area contributed by atoms with E-state index in [4.69, 9.17) is 9.47 Å². The maximum absolute atomic E-state index is 5.77. The van der Waals surface area contributed by atoms with Gasteiger partial charge in [0.15, 0.2) is 0 Å². The number of morpholine rings is 1. The smallest absolute Gasteiger partial charge is 0.0827 e. The van der Waals surface area contributed by atoms with Crippen LogP contribution in [0.4, 0.5) is 0 Å². The van der Waals surface area contributed by atoms with E-state index in [2.05, 4.69) is 59.6 Å². The maximum Gasteiger partial charge on any atom is 0.0827 e. The first-order valence-corrected chi connectivity index (χ1v) is 11.7. The van der Waals surface area contributed by atoms with Gasteiger partial charge >= 0.3 is 0 Å². The average Bonchev–Trinajstić information content (AvgIpc) is 2.41. The van der Waals surface area contributed by atoms with Crippen molar-refractivity contribution in [1.82, 2.24) is 15.5 Å². The van der Waals surface area contributed by atoms with E-state index in [9.17, 15) is 0 Å². The van der Waals surface area contributed by atoms with Crippen LogP contribution in [0.15, 0.2) is 0 Å². The Morgan fingerprint density at radius 3 is 2.77 bits per heavy atom. The van der Waals surface area contributed by atoms with Crippen molar-refractivity contribution in [2.24, 2.45) is 0 Å². The van der Waals surface area contributed by atoms with Gasteiger partial charge in [0, 0.05) is 44.1 Å². The molecular formula is C14H33N3O2S3. The highest BCUT2D eigenvalue weighted by atomic mass is 33.5. The molecule has 1 aliphatic heterocycles. The summed E-state index contributed by atoms with van der Waals surface area (Å²) in [6.07, 6.45) is 0.257. The zero-order valence-corrected chi connectivity index (χ0v) is 16.7. The molecule has 0 amide bonds. The number of nitrogens with one attached hydrogen (secondary N) is 2. The standard InChI is InChI=1S/C14H33N3O2S3/c1-14(2,3)16-4-7-18-8-5-17-6-9-19-13(11-17)10-15-12-22(20)21/h13,15-16,20-22H,4-12H2,1-3H3. The van der Waals surface area contributed by atoms with E-state index in [0.29, 0.717) is 0 Å². The molecule has 1 aliphatic rings. The fourth-order valence-electron chi connectivity index (χ4n) is 2.23. The average molecular weight is 372 g/mol. The number of nitrogens with zero attached hydrogens (tertiary/aromatic N) is 1. The van der Waals surface area contributed by atoms with Gasteiger partial charge in [-0.05, 0) is 20.8 Å². The molecule has 0 radical (unpaired) electrons. The van der Waals surface area contributed by atoms with Crippen molar-refractivity contribution in [1.29, 1.82) is 0 Å². The number of hydrogen-bond donors (Lipinski definition) is 5. The van der Waals surface area contributed by atoms with Crippen LogP contribution in [0.1, 0.15) is 20.8 Å². The van der Waals surface area contributed by atoms with E-state index < -0.39 is 8.96 Å². The van der Waals surface area contributed by atoms with Gasteiger partial charge in [-0.2, -0.15) is 0 Å². The third kappa shape index (κ3) is 11.4. The minimum absolute atomic E-state index is 0.161. The summed E-state index contributed by atoms with van der Waals surface area (Å²) in [5.41, 5.74) is 0.161. The molecule has 1 fully saturated rings. The van der Waals surface area contributed by atoms with Gasteiger partial charge in [-0.25, -0.2) is 0 Å². The Balaban J connectivity index is 2.03. The molecule has 134 valence electrons. The summed E-state index contributed by atoms with van der Waals surface area (Å²) in [5, 5.41) is 6.78. The molecule has 1 atom stereocenters. The number of ether oxygens (including phenoxy) is 2. The number of hydrogen-bond acceptors (Lipinski definition) is 7. The van der Waals surface area contributed by atoms with E-state index in [1.54, 1.807) is 0 Å². The molecule has 22 heavy (non-hydrogen) atoms. The Morgan fingerprint density at radius 2 is 2.09 bits per heavy atom. The highest BCUT2D eigenvalue weighted by Gasteiger charge is 2.19. The van der Waals surface area contributed by atoms with E-state index in [1.807, 2.05) is 0 Å². The van der Waals surface area contributed by atoms with Gasteiger partial charge in [0.1, 0.15) is 0 Å². The quantitative estimate of drug-likeness (QED) is 0.228. The van der Waals surface area contributed by atoms with Crippen LogP contribution in [0.25, 0.3) is 0 Å². The largest absolute Gasteiger partial charge is 0.379 e. The fraction of sp³-hybridized carbons (Fsp3) is 1.00. The molecule has 0 saturated carbocycles. The van der Waals surface area contributed by atoms with Crippen LogP contribution in [0, 0.1) is 0 Å². The van der Waals surface area contributed by atoms with Crippen molar-refractivity contribution in [2.75, 3.05) is 58.4 Å². The molecule has 0 aliphatic carbocycles. The third-order valence-corrected chi connectivity index (χ3v) is 4.66. The van der Waals surface area contributed by atoms with Gasteiger partial charge < -0.3 is 20.1 Å². The second kappa shape index (κ2) is 11.4. The van der Waals surface area contributed by atoms with E-state index in [1.165, 1.54) is 0 Å². The van der Waals surface area contributed by atoms with Crippen LogP contribution in [0.3, 0.4) is 0 Å². The molecule has 1 unspecified atom stereocenters. The monoisotopic (exact) mass is 371 g/mol. The molecule has 1 saturated heterocycles. The van der Waals surface area contributed by atoms with Crippen molar-refractivity contribution in [3.8, 4) is 0 Å². The Bertz CT molecular complexity index is 291. The first-order valence-electron chi connectivity index (χ1n) is 7.89. The molecule has 0 aromatic carbocycles. The predicted molar refractivity (Wildman–Crippen MR) is 105 cm³/mol. The lowest BCUT2D eigenvalue weighted by molar-refractivity contribution is -0.0342. The highest BCUT2D eigenvalue weighted by Crippen LogP contribution is 2.32. The summed E-state index contributed by atoms with van der Waals surface area (Å²) in [7, 11) is -0.480. The lowest BCUT2D eigenvalue weighted by atomic mass is 10.1. The lowest BCUT2D eigenvalue weighted by Gasteiger charge is -2.33. The summed E-state index contributed by atoms with van der Waals surface area (Å²) in [4.78, 5) is 2.41. The Kier molecular flexibility index (Phi) is 10.8. The van der Waals surface area contributed by atoms with Crippen molar-refractivity contribution >= 4 is 32.3 Å². The van der Waals surface area contributed by atoms with Crippen molar-refractivity contribution < 1.29 is 9.47 Å². The molecule has 8 heteroatoms. The molecular weight excluding hydrogens is 338 g/mol. The van der Waals surface area contributed by atoms with E-state index in [-0.39, 0.29) is 11.6 Å². The maximum atomic E-state index is 5.77. The topological polar surface area (TPSA) is 45.8 Å². The molecule has 2 N–H and O–H groups in total. The van der Waals surface area contributed by atoms with Crippen LogP contribution in [0.2, 0.25) is 0 Å². The van der Waals surface area contributed by atoms with Crippen molar-refractivity contribution in [3.05, 3.63) is 0 Å². The Hall–Kier alpha value is 0.850. The van der Waals surface area contributed by atoms with Crippen molar-refractivity contribution in [3.63, 3.8) is 0 Å². The Morgan fingerprint density at radius 1 is 1.32 bits per heavy atom. The fourth-order valence-corrected chi connectivity index (χ4v) is 3.16. The Labute approximate surface area is 148 Å². The van der Waals surface area contributed by atoms with Crippen LogP contribution in [0.5, 0.6) is 0 Å². The third-order valence-electron chi connectivity index (χ3n) is 3.30. The summed E-state index contributed by atoms with van der Waals surface area (Å²) in [6, 6.07) is 0. The minimum atomic E-state index is -0.480. The van der Waals surface area contributed by atoms with E-state index in [0.717, 1.165) is 58.4 Å². The van der Waals surface area contributed by atoms with Crippen LogP contribution in [-0.4, -0.2) is 75.0 Å². The van der Waals surface area contributed by atoms with E-state index >= 15 is 0 Å². The number of rotatable bonds is 10. The second-order valence-corrected chi connectivity index (χ2v) is 11.5. The zero-order valence-electron chi connectivity index (χ0n) is 14.0. The summed E-state index contributed by atoms with van der Waals surface area (Å²) >= 11 is 8.60. The van der Waals surface area contributed by atoms with Gasteiger partial charge in [-0.1, -0.05) is 0 Å². The molecule has 0 aromatic heterocycles. The van der Waals surface area contributed by atoms with Crippen LogP contribution in [-0.2, 0) is 9.47 Å². The SMILES string of the molecule is CC(C)(C)NCCOCCN1CCOC(CNC[SH](S)S)C1. The zero-order chi connectivity index (χ0) is 16.4. The van der Waals surface area contributed by atoms with Crippen LogP contribution >= 0.6 is 32.3 Å². The molecule has 0 spiro atoms. The minimum Gasteiger partial charge on any atom is -0.379 e. The normalized spacial score (nSPS) is 21.1. The molecule has 5 nitrogen and oxygen atoms in total. The van der Waals surface area contributed by atoms with Gasteiger partial charge in [0.2, 0.25) is 0 Å². The molecule has 0 bridgehead atoms. The van der Waals surface area contributed by atoms with Crippen molar-refractivity contribution in [2.45, 2.75) is 32.4 Å². The molecule has 1 heterocycles. The summed E-state index contributed by atoms with van der Waals surface area (Å²) < 4.78 is 11.5. The summed E-state index contributed by atoms with van der Waals surface area (Å²) in [5.74, 6) is 0.852. The van der Waals surface area contributed by atoms with Gasteiger partial charge in [-0.15, -0.1) is 32.3 Å². The van der Waals surface area contributed by atoms with Gasteiger partial charge in [0.05, 0.1) is 25.9 Å². The van der Waals surface area contributed by atoms with Gasteiger partial charge in [0.25, 0.3) is 0 Å². The predicted octanol–water partition coefficient (Wildman–Crippen LogP) is 1.33. The van der Waals surface area contributed by atoms with Crippen LogP contribution < -0.4 is 10.6 Å². The second-order valence-electron chi connectivity index (χ2n) is 6.57. The first-order chi connectivity index (χ1) is 10.4. The number of thiol groups is 3. The van der Waals surface area contributed by atoms with Gasteiger partial charge in [-0.3, -0.25) is 4.90 Å². The molecule has 0 aromatic rings. The molecule has 1 rings (SSSR count).